The summed E-state index contributed by atoms with van der Waals surface area (Å²) in [6.07, 6.45) is 2.46. The zero-order chi connectivity index (χ0) is 15.9. The molecule has 2 aromatic rings. The van der Waals surface area contributed by atoms with Crippen molar-refractivity contribution >= 4 is 29.2 Å². The summed E-state index contributed by atoms with van der Waals surface area (Å²) in [6.45, 7) is 0.958. The lowest BCUT2D eigenvalue weighted by Crippen LogP contribution is -2.38. The van der Waals surface area contributed by atoms with Crippen LogP contribution in [0.2, 0.25) is 10.0 Å². The van der Waals surface area contributed by atoms with E-state index in [-0.39, 0.29) is 6.03 Å². The number of hydrogen-bond donors (Lipinski definition) is 1. The van der Waals surface area contributed by atoms with Crippen LogP contribution in [0.3, 0.4) is 0 Å². The van der Waals surface area contributed by atoms with E-state index in [1.54, 1.807) is 36.3 Å². The zero-order valence-corrected chi connectivity index (χ0v) is 13.7. The second-order valence-corrected chi connectivity index (χ2v) is 5.73. The highest BCUT2D eigenvalue weighted by atomic mass is 35.5. The number of likely N-dealkylation sites (N-methyl/N-ethyl adjacent to an activating group) is 1. The van der Waals surface area contributed by atoms with Gasteiger partial charge in [0.05, 0.1) is 0 Å². The van der Waals surface area contributed by atoms with E-state index in [1.165, 1.54) is 0 Å². The Hall–Kier alpha value is -1.78. The van der Waals surface area contributed by atoms with Gasteiger partial charge in [0.15, 0.2) is 0 Å². The molecule has 1 N–H and O–H groups in total. The Kier molecular flexibility index (Phi) is 6.04. The van der Waals surface area contributed by atoms with E-state index in [9.17, 15) is 4.79 Å². The van der Waals surface area contributed by atoms with Gasteiger partial charge >= 0.3 is 6.03 Å². The van der Waals surface area contributed by atoms with Gasteiger partial charge in [0, 0.05) is 48.5 Å². The van der Waals surface area contributed by atoms with Crippen LogP contribution >= 0.6 is 23.2 Å². The summed E-state index contributed by atoms with van der Waals surface area (Å²) in [5.74, 6) is 0. The fourth-order valence-corrected chi connectivity index (χ4v) is 2.38. The van der Waals surface area contributed by atoms with Crippen molar-refractivity contribution in [2.75, 3.05) is 13.6 Å². The molecule has 1 heterocycles. The van der Waals surface area contributed by atoms with E-state index in [1.807, 2.05) is 18.2 Å². The van der Waals surface area contributed by atoms with Crippen LogP contribution < -0.4 is 5.32 Å². The normalized spacial score (nSPS) is 10.3. The van der Waals surface area contributed by atoms with Gasteiger partial charge in [-0.1, -0.05) is 35.3 Å². The number of nitrogens with zero attached hydrogens (tertiary/aromatic N) is 2. The molecule has 0 saturated heterocycles. The largest absolute Gasteiger partial charge is 0.334 e. The third-order valence-corrected chi connectivity index (χ3v) is 3.81. The van der Waals surface area contributed by atoms with E-state index in [2.05, 4.69) is 10.3 Å². The average Bonchev–Trinajstić information content (AvgIpc) is 2.52. The van der Waals surface area contributed by atoms with Gasteiger partial charge in [-0.15, -0.1) is 0 Å². The first-order valence-electron chi connectivity index (χ1n) is 6.89. The Balaban J connectivity index is 1.81. The minimum absolute atomic E-state index is 0.151. The van der Waals surface area contributed by atoms with Gasteiger partial charge in [-0.05, 0) is 29.8 Å². The predicted octanol–water partition coefficient (Wildman–Crippen LogP) is 3.77. The standard InChI is InChI=1S/C16H17Cl2N3O/c1-21(9-7-14-4-2-3-8-19-14)16(22)20-11-12-5-6-13(17)10-15(12)18/h2-6,8,10H,7,9,11H2,1H3,(H,20,22). The van der Waals surface area contributed by atoms with Crippen molar-refractivity contribution in [3.63, 3.8) is 0 Å². The van der Waals surface area contributed by atoms with Gasteiger partial charge in [0.2, 0.25) is 0 Å². The molecule has 0 atom stereocenters. The molecule has 0 aliphatic heterocycles. The summed E-state index contributed by atoms with van der Waals surface area (Å²) >= 11 is 11.9. The summed E-state index contributed by atoms with van der Waals surface area (Å²) in [4.78, 5) is 17.9. The van der Waals surface area contributed by atoms with Crippen molar-refractivity contribution in [3.05, 3.63) is 63.9 Å². The number of carbonyl (C=O) groups is 1. The molecule has 1 aromatic heterocycles. The molecule has 22 heavy (non-hydrogen) atoms. The van der Waals surface area contributed by atoms with Crippen LogP contribution in [0.1, 0.15) is 11.3 Å². The highest BCUT2D eigenvalue weighted by Gasteiger charge is 2.09. The molecule has 116 valence electrons. The first kappa shape index (κ1) is 16.6. The molecular formula is C16H17Cl2N3O. The molecule has 0 spiro atoms. The van der Waals surface area contributed by atoms with Crippen LogP contribution in [0.15, 0.2) is 42.6 Å². The number of halogens is 2. The Morgan fingerprint density at radius 2 is 2.09 bits per heavy atom. The molecule has 0 unspecified atom stereocenters. The zero-order valence-electron chi connectivity index (χ0n) is 12.2. The minimum Gasteiger partial charge on any atom is -0.334 e. The predicted molar refractivity (Wildman–Crippen MR) is 89.3 cm³/mol. The highest BCUT2D eigenvalue weighted by Crippen LogP contribution is 2.20. The summed E-state index contributed by atoms with van der Waals surface area (Å²) in [5, 5.41) is 3.96. The molecule has 2 amide bonds. The van der Waals surface area contributed by atoms with Gasteiger partial charge in [0.1, 0.15) is 0 Å². The fraction of sp³-hybridized carbons (Fsp3) is 0.250. The van der Waals surface area contributed by atoms with Crippen LogP contribution in [0.4, 0.5) is 4.79 Å². The van der Waals surface area contributed by atoms with Crippen LogP contribution in [-0.2, 0) is 13.0 Å². The van der Waals surface area contributed by atoms with Crippen molar-refractivity contribution in [2.45, 2.75) is 13.0 Å². The van der Waals surface area contributed by atoms with Crippen LogP contribution in [0.25, 0.3) is 0 Å². The number of benzene rings is 1. The SMILES string of the molecule is CN(CCc1ccccn1)C(=O)NCc1ccc(Cl)cc1Cl. The maximum absolute atomic E-state index is 12.0. The first-order chi connectivity index (χ1) is 10.6. The lowest BCUT2D eigenvalue weighted by atomic mass is 10.2. The second-order valence-electron chi connectivity index (χ2n) is 4.89. The molecule has 4 nitrogen and oxygen atoms in total. The van der Waals surface area contributed by atoms with E-state index in [0.717, 1.165) is 11.3 Å². The summed E-state index contributed by atoms with van der Waals surface area (Å²) in [7, 11) is 1.75. The van der Waals surface area contributed by atoms with Crippen molar-refractivity contribution in [1.82, 2.24) is 15.2 Å². The molecule has 0 aliphatic rings. The average molecular weight is 338 g/mol. The van der Waals surface area contributed by atoms with E-state index in [4.69, 9.17) is 23.2 Å². The smallest absolute Gasteiger partial charge is 0.317 e. The lowest BCUT2D eigenvalue weighted by Gasteiger charge is -2.18. The molecular weight excluding hydrogens is 321 g/mol. The van der Waals surface area contributed by atoms with Crippen molar-refractivity contribution in [3.8, 4) is 0 Å². The van der Waals surface area contributed by atoms with E-state index in [0.29, 0.717) is 29.6 Å². The van der Waals surface area contributed by atoms with E-state index < -0.39 is 0 Å². The van der Waals surface area contributed by atoms with Gasteiger partial charge in [-0.3, -0.25) is 4.98 Å². The second kappa shape index (κ2) is 8.01. The topological polar surface area (TPSA) is 45.2 Å². The Bertz CT molecular complexity index is 635. The van der Waals surface area contributed by atoms with Gasteiger partial charge in [0.25, 0.3) is 0 Å². The molecule has 0 fully saturated rings. The third kappa shape index (κ3) is 4.90. The minimum atomic E-state index is -0.151. The maximum Gasteiger partial charge on any atom is 0.317 e. The van der Waals surface area contributed by atoms with Gasteiger partial charge in [-0.25, -0.2) is 4.79 Å². The van der Waals surface area contributed by atoms with Crippen LogP contribution in [0, 0.1) is 0 Å². The molecule has 1 aromatic carbocycles. The quantitative estimate of drug-likeness (QED) is 0.902. The number of nitrogens with one attached hydrogen (secondary N) is 1. The van der Waals surface area contributed by atoms with Gasteiger partial charge in [-0.2, -0.15) is 0 Å². The van der Waals surface area contributed by atoms with Gasteiger partial charge < -0.3 is 10.2 Å². The molecule has 6 heteroatoms. The molecule has 0 saturated carbocycles. The maximum atomic E-state index is 12.0. The Morgan fingerprint density at radius 1 is 1.27 bits per heavy atom. The third-order valence-electron chi connectivity index (χ3n) is 3.22. The van der Waals surface area contributed by atoms with Crippen molar-refractivity contribution in [1.29, 1.82) is 0 Å². The summed E-state index contributed by atoms with van der Waals surface area (Å²) in [6, 6.07) is 10.8. The summed E-state index contributed by atoms with van der Waals surface area (Å²) in [5.41, 5.74) is 1.79. The molecule has 2 rings (SSSR count). The van der Waals surface area contributed by atoms with Crippen molar-refractivity contribution in [2.24, 2.45) is 0 Å². The molecule has 0 aliphatic carbocycles. The number of hydrogen-bond acceptors (Lipinski definition) is 2. The number of urea groups is 1. The first-order valence-corrected chi connectivity index (χ1v) is 7.64. The fourth-order valence-electron chi connectivity index (χ4n) is 1.90. The molecule has 0 bridgehead atoms. The van der Waals surface area contributed by atoms with E-state index >= 15 is 0 Å². The Morgan fingerprint density at radius 3 is 2.77 bits per heavy atom. The van der Waals surface area contributed by atoms with Crippen LogP contribution in [0.5, 0.6) is 0 Å². The number of carbonyl (C=O) groups excluding carboxylic acids is 1. The lowest BCUT2D eigenvalue weighted by molar-refractivity contribution is 0.209. The molecule has 0 radical (unpaired) electrons. The summed E-state index contributed by atoms with van der Waals surface area (Å²) < 4.78 is 0. The monoisotopic (exact) mass is 337 g/mol. The Labute approximate surface area is 140 Å². The number of aromatic nitrogens is 1. The highest BCUT2D eigenvalue weighted by molar-refractivity contribution is 6.35. The number of rotatable bonds is 5. The van der Waals surface area contributed by atoms with Crippen LogP contribution in [-0.4, -0.2) is 29.5 Å². The van der Waals surface area contributed by atoms with Crippen molar-refractivity contribution < 1.29 is 4.79 Å². The number of pyridine rings is 1. The number of amides is 2.